The highest BCUT2D eigenvalue weighted by molar-refractivity contribution is 5.79. The number of ether oxygens (including phenoxy) is 1. The van der Waals surface area contributed by atoms with E-state index >= 15 is 0 Å². The van der Waals surface area contributed by atoms with Crippen LogP contribution in [0.15, 0.2) is 24.3 Å². The standard InChI is InChI=1S/C24H40N2O3/c1-6-17-26(18-7-2)24(28)10-8-9-23(27)25-20(5)11-12-21-13-15-22(16-14-21)29-19(3)4/h13-16,19-20H,6-12,17-18H2,1-5H3,(H,25,27). The van der Waals surface area contributed by atoms with E-state index in [2.05, 4.69) is 31.3 Å². The average molecular weight is 405 g/mol. The molecule has 0 heterocycles. The number of carbonyl (C=O) groups is 2. The Morgan fingerprint density at radius 2 is 1.62 bits per heavy atom. The van der Waals surface area contributed by atoms with E-state index < -0.39 is 0 Å². The monoisotopic (exact) mass is 404 g/mol. The lowest BCUT2D eigenvalue weighted by molar-refractivity contribution is -0.131. The Morgan fingerprint density at radius 1 is 1.00 bits per heavy atom. The topological polar surface area (TPSA) is 58.6 Å². The Balaban J connectivity index is 2.27. The molecule has 0 aliphatic rings. The molecule has 0 saturated carbocycles. The van der Waals surface area contributed by atoms with Crippen molar-refractivity contribution >= 4 is 11.8 Å². The molecule has 29 heavy (non-hydrogen) atoms. The van der Waals surface area contributed by atoms with Gasteiger partial charge in [0.25, 0.3) is 0 Å². The predicted molar refractivity (Wildman–Crippen MR) is 119 cm³/mol. The van der Waals surface area contributed by atoms with E-state index in [4.69, 9.17) is 4.74 Å². The van der Waals surface area contributed by atoms with Gasteiger partial charge < -0.3 is 15.0 Å². The largest absolute Gasteiger partial charge is 0.491 e. The Hall–Kier alpha value is -2.04. The van der Waals surface area contributed by atoms with Crippen molar-refractivity contribution in [1.82, 2.24) is 10.2 Å². The zero-order chi connectivity index (χ0) is 21.6. The highest BCUT2D eigenvalue weighted by Gasteiger charge is 2.13. The molecule has 1 unspecified atom stereocenters. The quantitative estimate of drug-likeness (QED) is 0.488. The maximum Gasteiger partial charge on any atom is 0.222 e. The molecule has 2 amide bonds. The first kappa shape index (κ1) is 25.0. The molecule has 1 N–H and O–H groups in total. The third-order valence-electron chi connectivity index (χ3n) is 4.70. The third kappa shape index (κ3) is 10.9. The Kier molecular flexibility index (Phi) is 12.1. The molecule has 0 aliphatic heterocycles. The molecular weight excluding hydrogens is 364 g/mol. The second-order valence-electron chi connectivity index (χ2n) is 8.05. The molecule has 5 nitrogen and oxygen atoms in total. The first-order valence-corrected chi connectivity index (χ1v) is 11.2. The van der Waals surface area contributed by atoms with E-state index in [1.165, 1.54) is 5.56 Å². The smallest absolute Gasteiger partial charge is 0.222 e. The predicted octanol–water partition coefficient (Wildman–Crippen LogP) is 4.73. The maximum absolute atomic E-state index is 12.3. The van der Waals surface area contributed by atoms with Gasteiger partial charge in [0.1, 0.15) is 5.75 Å². The number of amides is 2. The van der Waals surface area contributed by atoms with Crippen molar-refractivity contribution in [3.8, 4) is 5.75 Å². The summed E-state index contributed by atoms with van der Waals surface area (Å²) < 4.78 is 5.66. The van der Waals surface area contributed by atoms with Gasteiger partial charge in [-0.2, -0.15) is 0 Å². The van der Waals surface area contributed by atoms with Crippen LogP contribution in [0.5, 0.6) is 5.75 Å². The second-order valence-corrected chi connectivity index (χ2v) is 8.05. The molecular formula is C24H40N2O3. The number of rotatable bonds is 14. The minimum atomic E-state index is 0.0310. The molecule has 0 aromatic heterocycles. The summed E-state index contributed by atoms with van der Waals surface area (Å²) in [5, 5.41) is 3.05. The summed E-state index contributed by atoms with van der Waals surface area (Å²) in [6.45, 7) is 11.8. The van der Waals surface area contributed by atoms with Gasteiger partial charge in [0.15, 0.2) is 0 Å². The van der Waals surface area contributed by atoms with Gasteiger partial charge >= 0.3 is 0 Å². The normalized spacial score (nSPS) is 11.9. The van der Waals surface area contributed by atoms with Crippen LogP contribution in [0.25, 0.3) is 0 Å². The fourth-order valence-corrected chi connectivity index (χ4v) is 3.27. The molecule has 0 bridgehead atoms. The fraction of sp³-hybridized carbons (Fsp3) is 0.667. The highest BCUT2D eigenvalue weighted by atomic mass is 16.5. The first-order chi connectivity index (χ1) is 13.8. The molecule has 1 aromatic carbocycles. The summed E-state index contributed by atoms with van der Waals surface area (Å²) in [5.41, 5.74) is 1.24. The minimum absolute atomic E-state index is 0.0310. The van der Waals surface area contributed by atoms with Crippen LogP contribution < -0.4 is 10.1 Å². The van der Waals surface area contributed by atoms with Gasteiger partial charge in [0.2, 0.25) is 11.8 Å². The summed E-state index contributed by atoms with van der Waals surface area (Å²) in [6, 6.07) is 8.26. The third-order valence-corrected chi connectivity index (χ3v) is 4.70. The van der Waals surface area contributed by atoms with Crippen LogP contribution in [0.4, 0.5) is 0 Å². The van der Waals surface area contributed by atoms with Gasteiger partial charge in [-0.1, -0.05) is 26.0 Å². The number of hydrogen-bond acceptors (Lipinski definition) is 3. The van der Waals surface area contributed by atoms with Gasteiger partial charge in [-0.3, -0.25) is 9.59 Å². The van der Waals surface area contributed by atoms with Gasteiger partial charge in [-0.15, -0.1) is 0 Å². The van der Waals surface area contributed by atoms with E-state index in [9.17, 15) is 9.59 Å². The van der Waals surface area contributed by atoms with Crippen LogP contribution in [-0.4, -0.2) is 41.9 Å². The molecule has 1 atom stereocenters. The van der Waals surface area contributed by atoms with Crippen molar-refractivity contribution in [3.05, 3.63) is 29.8 Å². The van der Waals surface area contributed by atoms with E-state index in [0.29, 0.717) is 19.3 Å². The van der Waals surface area contributed by atoms with Crippen molar-refractivity contribution in [2.24, 2.45) is 0 Å². The molecule has 0 saturated heterocycles. The lowest BCUT2D eigenvalue weighted by Gasteiger charge is -2.21. The molecule has 1 aromatic rings. The molecule has 0 radical (unpaired) electrons. The summed E-state index contributed by atoms with van der Waals surface area (Å²) in [4.78, 5) is 26.3. The van der Waals surface area contributed by atoms with Gasteiger partial charge in [0, 0.05) is 32.0 Å². The molecule has 0 spiro atoms. The maximum atomic E-state index is 12.3. The van der Waals surface area contributed by atoms with Gasteiger partial charge in [-0.05, 0) is 70.6 Å². The summed E-state index contributed by atoms with van der Waals surface area (Å²) in [5.74, 6) is 1.08. The van der Waals surface area contributed by atoms with E-state index in [0.717, 1.165) is 44.5 Å². The van der Waals surface area contributed by atoms with E-state index in [1.807, 2.05) is 37.8 Å². The number of aryl methyl sites for hydroxylation is 1. The number of nitrogens with one attached hydrogen (secondary N) is 1. The fourth-order valence-electron chi connectivity index (χ4n) is 3.27. The average Bonchev–Trinajstić information content (AvgIpc) is 2.66. The highest BCUT2D eigenvalue weighted by Crippen LogP contribution is 2.15. The summed E-state index contributed by atoms with van der Waals surface area (Å²) in [7, 11) is 0. The molecule has 164 valence electrons. The van der Waals surface area contributed by atoms with Crippen LogP contribution in [0, 0.1) is 0 Å². The summed E-state index contributed by atoms with van der Waals surface area (Å²) >= 11 is 0. The Labute approximate surface area is 177 Å². The zero-order valence-electron chi connectivity index (χ0n) is 19.0. The van der Waals surface area contributed by atoms with Crippen LogP contribution in [-0.2, 0) is 16.0 Å². The van der Waals surface area contributed by atoms with Crippen molar-refractivity contribution in [2.45, 2.75) is 91.7 Å². The van der Waals surface area contributed by atoms with Crippen molar-refractivity contribution < 1.29 is 14.3 Å². The molecule has 1 rings (SSSR count). The number of carbonyl (C=O) groups excluding carboxylic acids is 2. The number of benzene rings is 1. The van der Waals surface area contributed by atoms with E-state index in [-0.39, 0.29) is 24.0 Å². The zero-order valence-corrected chi connectivity index (χ0v) is 19.0. The Bertz CT molecular complexity index is 593. The molecule has 0 aliphatic carbocycles. The first-order valence-electron chi connectivity index (χ1n) is 11.2. The summed E-state index contributed by atoms with van der Waals surface area (Å²) in [6.07, 6.45) is 5.37. The minimum Gasteiger partial charge on any atom is -0.491 e. The number of nitrogens with zero attached hydrogens (tertiary/aromatic N) is 1. The molecule has 0 fully saturated rings. The van der Waals surface area contributed by atoms with Crippen LogP contribution in [0.2, 0.25) is 0 Å². The number of hydrogen-bond donors (Lipinski definition) is 1. The van der Waals surface area contributed by atoms with Crippen LogP contribution in [0.3, 0.4) is 0 Å². The van der Waals surface area contributed by atoms with Crippen molar-refractivity contribution in [2.75, 3.05) is 13.1 Å². The second kappa shape index (κ2) is 14.0. The lowest BCUT2D eigenvalue weighted by atomic mass is 10.1. The Morgan fingerprint density at radius 3 is 2.17 bits per heavy atom. The molecule has 5 heteroatoms. The van der Waals surface area contributed by atoms with Crippen LogP contribution in [0.1, 0.15) is 78.7 Å². The SMILES string of the molecule is CCCN(CCC)C(=O)CCCC(=O)NC(C)CCc1ccc(OC(C)C)cc1. The van der Waals surface area contributed by atoms with Crippen LogP contribution >= 0.6 is 0 Å². The van der Waals surface area contributed by atoms with Crippen molar-refractivity contribution in [1.29, 1.82) is 0 Å². The lowest BCUT2D eigenvalue weighted by Crippen LogP contribution is -2.34. The van der Waals surface area contributed by atoms with Gasteiger partial charge in [-0.25, -0.2) is 0 Å². The van der Waals surface area contributed by atoms with Gasteiger partial charge in [0.05, 0.1) is 6.10 Å². The van der Waals surface area contributed by atoms with E-state index in [1.54, 1.807) is 0 Å². The van der Waals surface area contributed by atoms with Crippen molar-refractivity contribution in [3.63, 3.8) is 0 Å².